The molecule has 3 rings (SSSR count). The monoisotopic (exact) mass is 406 g/mol. The summed E-state index contributed by atoms with van der Waals surface area (Å²) in [5, 5.41) is 5.77. The highest BCUT2D eigenvalue weighted by atomic mass is 35.5. The van der Waals surface area contributed by atoms with Gasteiger partial charge in [0, 0.05) is 17.1 Å². The van der Waals surface area contributed by atoms with Crippen molar-refractivity contribution < 1.29 is 4.79 Å². The van der Waals surface area contributed by atoms with Crippen LogP contribution in [0.25, 0.3) is 11.0 Å². The van der Waals surface area contributed by atoms with Crippen LogP contribution in [0, 0.1) is 0 Å². The number of halogens is 2. The lowest BCUT2D eigenvalue weighted by molar-refractivity contribution is -0.118. The number of hydrogen-bond donors (Lipinski definition) is 1. The van der Waals surface area contributed by atoms with Gasteiger partial charge >= 0.3 is 0 Å². The molecule has 3 aromatic rings. The number of rotatable bonds is 6. The lowest BCUT2D eigenvalue weighted by atomic mass is 10.2. The average molecular weight is 407 g/mol. The fraction of sp³-hybridized carbons (Fsp3) is 0.167. The number of fused-ring (bicyclic) bond motifs is 1. The van der Waals surface area contributed by atoms with E-state index in [-0.39, 0.29) is 11.7 Å². The number of hydrogen-bond acceptors (Lipinski definition) is 4. The number of para-hydroxylation sites is 2. The molecule has 0 saturated heterocycles. The highest BCUT2D eigenvalue weighted by molar-refractivity contribution is 7.99. The van der Waals surface area contributed by atoms with Crippen molar-refractivity contribution in [1.29, 1.82) is 0 Å². The molecule has 0 atom stereocenters. The zero-order chi connectivity index (χ0) is 18.5. The third-order valence-corrected chi connectivity index (χ3v) is 5.16. The van der Waals surface area contributed by atoms with Crippen molar-refractivity contribution in [1.82, 2.24) is 15.0 Å². The van der Waals surface area contributed by atoms with Gasteiger partial charge in [-0.1, -0.05) is 53.2 Å². The SMILES string of the molecule is CCn1c(SCC(=O)N/N=C/c2ccc(Cl)cc2Cl)nc2ccccc21. The van der Waals surface area contributed by atoms with Crippen LogP contribution in [-0.4, -0.2) is 27.4 Å². The second-order valence-corrected chi connectivity index (χ2v) is 7.16. The van der Waals surface area contributed by atoms with E-state index in [4.69, 9.17) is 23.2 Å². The van der Waals surface area contributed by atoms with Gasteiger partial charge in [0.05, 0.1) is 28.0 Å². The number of carbonyl (C=O) groups excluding carboxylic acids is 1. The van der Waals surface area contributed by atoms with Crippen LogP contribution in [0.5, 0.6) is 0 Å². The summed E-state index contributed by atoms with van der Waals surface area (Å²) in [5.74, 6) is 0.000649. The predicted molar refractivity (Wildman–Crippen MR) is 108 cm³/mol. The van der Waals surface area contributed by atoms with Crippen molar-refractivity contribution in [3.8, 4) is 0 Å². The topological polar surface area (TPSA) is 59.3 Å². The molecule has 0 saturated carbocycles. The summed E-state index contributed by atoms with van der Waals surface area (Å²) in [4.78, 5) is 16.6. The molecule has 0 aliphatic carbocycles. The smallest absolute Gasteiger partial charge is 0.250 e. The number of nitrogens with one attached hydrogen (secondary N) is 1. The molecule has 0 spiro atoms. The van der Waals surface area contributed by atoms with Crippen molar-refractivity contribution in [2.75, 3.05) is 5.75 Å². The quantitative estimate of drug-likeness (QED) is 0.369. The molecular weight excluding hydrogens is 391 g/mol. The van der Waals surface area contributed by atoms with Crippen molar-refractivity contribution >= 4 is 58.1 Å². The van der Waals surface area contributed by atoms with Crippen LogP contribution < -0.4 is 5.43 Å². The molecule has 0 unspecified atom stereocenters. The Balaban J connectivity index is 1.60. The Morgan fingerprint density at radius 3 is 2.88 bits per heavy atom. The van der Waals surface area contributed by atoms with Gasteiger partial charge in [-0.3, -0.25) is 4.79 Å². The first-order chi connectivity index (χ1) is 12.6. The first kappa shape index (κ1) is 18.8. The molecule has 0 bridgehead atoms. The first-order valence-corrected chi connectivity index (χ1v) is 9.67. The van der Waals surface area contributed by atoms with Crippen LogP contribution in [0.2, 0.25) is 10.0 Å². The second kappa shape index (κ2) is 8.58. The highest BCUT2D eigenvalue weighted by Gasteiger charge is 2.11. The van der Waals surface area contributed by atoms with Gasteiger partial charge in [0.2, 0.25) is 0 Å². The minimum atomic E-state index is -0.217. The van der Waals surface area contributed by atoms with Gasteiger partial charge in [-0.05, 0) is 31.2 Å². The largest absolute Gasteiger partial charge is 0.319 e. The number of aryl methyl sites for hydroxylation is 1. The maximum atomic E-state index is 12.0. The number of nitrogens with zero attached hydrogens (tertiary/aromatic N) is 3. The van der Waals surface area contributed by atoms with Gasteiger partial charge < -0.3 is 4.57 Å². The Kier molecular flexibility index (Phi) is 6.19. The Labute approximate surface area is 165 Å². The maximum absolute atomic E-state index is 12.0. The van der Waals surface area contributed by atoms with Crippen LogP contribution in [0.15, 0.2) is 52.7 Å². The first-order valence-electron chi connectivity index (χ1n) is 7.93. The number of hydrazone groups is 1. The summed E-state index contributed by atoms with van der Waals surface area (Å²) in [6.07, 6.45) is 1.49. The van der Waals surface area contributed by atoms with Gasteiger partial charge in [0.15, 0.2) is 5.16 Å². The summed E-state index contributed by atoms with van der Waals surface area (Å²) in [6, 6.07) is 13.0. The minimum absolute atomic E-state index is 0.217. The molecule has 26 heavy (non-hydrogen) atoms. The third kappa shape index (κ3) is 4.38. The van der Waals surface area contributed by atoms with E-state index >= 15 is 0 Å². The minimum Gasteiger partial charge on any atom is -0.319 e. The second-order valence-electron chi connectivity index (χ2n) is 5.38. The number of carbonyl (C=O) groups is 1. The zero-order valence-corrected chi connectivity index (χ0v) is 16.3. The molecule has 1 amide bonds. The molecule has 1 N–H and O–H groups in total. The number of aromatic nitrogens is 2. The average Bonchev–Trinajstić information content (AvgIpc) is 2.99. The van der Waals surface area contributed by atoms with E-state index in [1.54, 1.807) is 18.2 Å². The Hall–Kier alpha value is -2.02. The molecule has 1 aromatic heterocycles. The van der Waals surface area contributed by atoms with Crippen LogP contribution in [0.1, 0.15) is 12.5 Å². The van der Waals surface area contributed by atoms with Crippen molar-refractivity contribution in [2.45, 2.75) is 18.6 Å². The van der Waals surface area contributed by atoms with Gasteiger partial charge in [-0.15, -0.1) is 0 Å². The van der Waals surface area contributed by atoms with Crippen LogP contribution in [-0.2, 0) is 11.3 Å². The Morgan fingerprint density at radius 1 is 1.31 bits per heavy atom. The van der Waals surface area contributed by atoms with Gasteiger partial charge in [0.1, 0.15) is 0 Å². The lowest BCUT2D eigenvalue weighted by Gasteiger charge is -2.05. The predicted octanol–water partition coefficient (Wildman–Crippen LogP) is 4.61. The molecule has 5 nitrogen and oxygen atoms in total. The van der Waals surface area contributed by atoms with E-state index in [0.29, 0.717) is 15.6 Å². The van der Waals surface area contributed by atoms with Crippen molar-refractivity contribution in [3.63, 3.8) is 0 Å². The molecule has 2 aromatic carbocycles. The van der Waals surface area contributed by atoms with Crippen LogP contribution in [0.3, 0.4) is 0 Å². The van der Waals surface area contributed by atoms with Crippen molar-refractivity contribution in [3.05, 3.63) is 58.1 Å². The van der Waals surface area contributed by atoms with E-state index in [2.05, 4.69) is 27.0 Å². The Bertz CT molecular complexity index is 971. The van der Waals surface area contributed by atoms with Gasteiger partial charge in [-0.2, -0.15) is 5.10 Å². The molecule has 0 fully saturated rings. The molecule has 0 aliphatic rings. The van der Waals surface area contributed by atoms with Crippen LogP contribution >= 0.6 is 35.0 Å². The lowest BCUT2D eigenvalue weighted by Crippen LogP contribution is -2.20. The number of amides is 1. The number of thioether (sulfide) groups is 1. The summed E-state index contributed by atoms with van der Waals surface area (Å²) < 4.78 is 2.09. The van der Waals surface area contributed by atoms with E-state index in [0.717, 1.165) is 22.7 Å². The van der Waals surface area contributed by atoms with Gasteiger partial charge in [0.25, 0.3) is 5.91 Å². The van der Waals surface area contributed by atoms with E-state index in [1.807, 2.05) is 24.3 Å². The van der Waals surface area contributed by atoms with E-state index in [1.165, 1.54) is 18.0 Å². The third-order valence-electron chi connectivity index (χ3n) is 3.62. The van der Waals surface area contributed by atoms with Crippen LogP contribution in [0.4, 0.5) is 0 Å². The molecule has 0 radical (unpaired) electrons. The van der Waals surface area contributed by atoms with E-state index < -0.39 is 0 Å². The summed E-state index contributed by atoms with van der Waals surface area (Å²) in [5.41, 5.74) is 5.16. The number of benzene rings is 2. The van der Waals surface area contributed by atoms with Gasteiger partial charge in [-0.25, -0.2) is 10.4 Å². The molecule has 1 heterocycles. The molecule has 134 valence electrons. The summed E-state index contributed by atoms with van der Waals surface area (Å²) >= 11 is 13.3. The summed E-state index contributed by atoms with van der Waals surface area (Å²) in [7, 11) is 0. The molecule has 8 heteroatoms. The van der Waals surface area contributed by atoms with E-state index in [9.17, 15) is 4.79 Å². The standard InChI is InChI=1S/C18H16Cl2N4OS/c1-2-24-16-6-4-3-5-15(16)22-18(24)26-11-17(25)23-21-10-12-7-8-13(19)9-14(12)20/h3-10H,2,11H2,1H3,(H,23,25)/b21-10+. The highest BCUT2D eigenvalue weighted by Crippen LogP contribution is 2.23. The molecule has 0 aliphatic heterocycles. The fourth-order valence-corrected chi connectivity index (χ4v) is 3.74. The summed E-state index contributed by atoms with van der Waals surface area (Å²) in [6.45, 7) is 2.84. The normalized spacial score (nSPS) is 11.3. The molecular formula is C18H16Cl2N4OS. The fourth-order valence-electron chi connectivity index (χ4n) is 2.41. The Morgan fingerprint density at radius 2 is 2.12 bits per heavy atom. The zero-order valence-electron chi connectivity index (χ0n) is 13.9. The van der Waals surface area contributed by atoms with Crippen molar-refractivity contribution in [2.24, 2.45) is 5.10 Å². The number of imidazole rings is 1. The maximum Gasteiger partial charge on any atom is 0.250 e.